The fraction of sp³-hybridized carbons (Fsp3) is 0.316. The quantitative estimate of drug-likeness (QED) is 0.683. The molecule has 4 rings (SSSR count). The van der Waals surface area contributed by atoms with Crippen LogP contribution in [0.4, 0.5) is 0 Å². The van der Waals surface area contributed by atoms with Crippen LogP contribution >= 0.6 is 11.3 Å². The molecule has 1 N–H and O–H groups in total. The lowest BCUT2D eigenvalue weighted by Gasteiger charge is -2.31. The van der Waals surface area contributed by atoms with Crippen LogP contribution < -0.4 is 4.72 Å². The van der Waals surface area contributed by atoms with Crippen molar-refractivity contribution >= 4 is 21.4 Å². The number of nitrogens with one attached hydrogen (secondary N) is 1. The van der Waals surface area contributed by atoms with Gasteiger partial charge < -0.3 is 4.42 Å². The molecule has 1 aliphatic heterocycles. The SMILES string of the molecule is O=S(=O)(NC1CCN(Cc2ncc(-c3ccccc3)o2)CC1)c1cccs1. The Hall–Kier alpha value is -2.00. The van der Waals surface area contributed by atoms with Crippen LogP contribution in [0.3, 0.4) is 0 Å². The average Bonchev–Trinajstić information content (AvgIpc) is 3.36. The molecule has 0 aliphatic carbocycles. The number of piperidine rings is 1. The second-order valence-electron chi connectivity index (χ2n) is 6.59. The Morgan fingerprint density at radius 3 is 2.63 bits per heavy atom. The lowest BCUT2D eigenvalue weighted by molar-refractivity contribution is 0.184. The highest BCUT2D eigenvalue weighted by atomic mass is 32.2. The summed E-state index contributed by atoms with van der Waals surface area (Å²) < 4.78 is 33.7. The molecule has 0 amide bonds. The molecule has 3 aromatic rings. The summed E-state index contributed by atoms with van der Waals surface area (Å²) in [5.74, 6) is 1.45. The molecule has 0 unspecified atom stereocenters. The van der Waals surface area contributed by atoms with Gasteiger partial charge in [-0.15, -0.1) is 11.3 Å². The molecule has 0 spiro atoms. The number of benzene rings is 1. The van der Waals surface area contributed by atoms with Gasteiger partial charge in [-0.1, -0.05) is 36.4 Å². The Kier molecular flexibility index (Phi) is 5.40. The van der Waals surface area contributed by atoms with E-state index in [1.165, 1.54) is 11.3 Å². The third kappa shape index (κ3) is 4.47. The van der Waals surface area contributed by atoms with Gasteiger partial charge in [-0.05, 0) is 24.3 Å². The molecule has 27 heavy (non-hydrogen) atoms. The van der Waals surface area contributed by atoms with E-state index < -0.39 is 10.0 Å². The van der Waals surface area contributed by atoms with Gasteiger partial charge >= 0.3 is 0 Å². The highest BCUT2D eigenvalue weighted by Crippen LogP contribution is 2.22. The van der Waals surface area contributed by atoms with Crippen LogP contribution in [0.5, 0.6) is 0 Å². The van der Waals surface area contributed by atoms with Gasteiger partial charge in [0.05, 0.1) is 12.7 Å². The van der Waals surface area contributed by atoms with E-state index in [0.29, 0.717) is 16.6 Å². The zero-order valence-corrected chi connectivity index (χ0v) is 16.4. The second kappa shape index (κ2) is 7.93. The average molecular weight is 404 g/mol. The minimum atomic E-state index is -3.40. The van der Waals surface area contributed by atoms with Gasteiger partial charge in [0.25, 0.3) is 0 Å². The van der Waals surface area contributed by atoms with Crippen molar-refractivity contribution in [2.45, 2.75) is 29.6 Å². The number of nitrogens with zero attached hydrogens (tertiary/aromatic N) is 2. The Bertz CT molecular complexity index is 961. The molecule has 1 aromatic carbocycles. The fourth-order valence-electron chi connectivity index (χ4n) is 3.21. The molecule has 3 heterocycles. The monoisotopic (exact) mass is 403 g/mol. The predicted octanol–water partition coefficient (Wildman–Crippen LogP) is 3.35. The Morgan fingerprint density at radius 1 is 1.15 bits per heavy atom. The molecule has 0 atom stereocenters. The first-order chi connectivity index (χ1) is 13.1. The minimum Gasteiger partial charge on any atom is -0.439 e. The molecule has 1 fully saturated rings. The van der Waals surface area contributed by atoms with Crippen molar-refractivity contribution in [1.82, 2.24) is 14.6 Å². The molecule has 1 aliphatic rings. The summed E-state index contributed by atoms with van der Waals surface area (Å²) in [6, 6.07) is 13.3. The van der Waals surface area contributed by atoms with Crippen LogP contribution in [-0.4, -0.2) is 37.4 Å². The first-order valence-corrected chi connectivity index (χ1v) is 11.2. The standard InChI is InChI=1S/C19H21N3O3S2/c23-27(24,19-7-4-12-26-19)21-16-8-10-22(11-9-16)14-18-20-13-17(25-18)15-5-2-1-3-6-15/h1-7,12-13,16,21H,8-11,14H2. The zero-order chi connectivity index (χ0) is 18.7. The van der Waals surface area contributed by atoms with E-state index in [1.54, 1.807) is 23.7 Å². The van der Waals surface area contributed by atoms with Crippen molar-refractivity contribution < 1.29 is 12.8 Å². The van der Waals surface area contributed by atoms with Crippen molar-refractivity contribution in [2.24, 2.45) is 0 Å². The van der Waals surface area contributed by atoms with Crippen molar-refractivity contribution in [3.8, 4) is 11.3 Å². The molecule has 8 heteroatoms. The van der Waals surface area contributed by atoms with E-state index >= 15 is 0 Å². The van der Waals surface area contributed by atoms with Crippen molar-refractivity contribution in [3.05, 3.63) is 59.9 Å². The largest absolute Gasteiger partial charge is 0.439 e. The lowest BCUT2D eigenvalue weighted by atomic mass is 10.1. The van der Waals surface area contributed by atoms with Gasteiger partial charge in [0.2, 0.25) is 15.9 Å². The first kappa shape index (κ1) is 18.4. The molecule has 6 nitrogen and oxygen atoms in total. The molecule has 0 radical (unpaired) electrons. The number of thiophene rings is 1. The highest BCUT2D eigenvalue weighted by molar-refractivity contribution is 7.91. The Balaban J connectivity index is 1.31. The van der Waals surface area contributed by atoms with Gasteiger partial charge in [0.15, 0.2) is 5.76 Å². The van der Waals surface area contributed by atoms with Crippen LogP contribution in [-0.2, 0) is 16.6 Å². The molecular weight excluding hydrogens is 382 g/mol. The van der Waals surface area contributed by atoms with Crippen molar-refractivity contribution in [1.29, 1.82) is 0 Å². The predicted molar refractivity (Wildman–Crippen MR) is 105 cm³/mol. The number of likely N-dealkylation sites (tertiary alicyclic amines) is 1. The summed E-state index contributed by atoms with van der Waals surface area (Å²) in [5, 5.41) is 1.78. The van der Waals surface area contributed by atoms with E-state index in [2.05, 4.69) is 14.6 Å². The highest BCUT2D eigenvalue weighted by Gasteiger charge is 2.25. The number of hydrogen-bond acceptors (Lipinski definition) is 6. The van der Waals surface area contributed by atoms with Gasteiger partial charge in [-0.25, -0.2) is 18.1 Å². The first-order valence-electron chi connectivity index (χ1n) is 8.88. The van der Waals surface area contributed by atoms with Crippen LogP contribution in [0.15, 0.2) is 62.7 Å². The summed E-state index contributed by atoms with van der Waals surface area (Å²) >= 11 is 1.24. The fourth-order valence-corrected chi connectivity index (χ4v) is 5.53. The Morgan fingerprint density at radius 2 is 1.93 bits per heavy atom. The van der Waals surface area contributed by atoms with Gasteiger partial charge in [0.1, 0.15) is 4.21 Å². The number of sulfonamides is 1. The van der Waals surface area contributed by atoms with E-state index in [-0.39, 0.29) is 6.04 Å². The van der Waals surface area contributed by atoms with E-state index in [1.807, 2.05) is 30.3 Å². The van der Waals surface area contributed by atoms with E-state index in [9.17, 15) is 8.42 Å². The summed E-state index contributed by atoms with van der Waals surface area (Å²) in [7, 11) is -3.40. The summed E-state index contributed by atoms with van der Waals surface area (Å²) in [4.78, 5) is 6.63. The smallest absolute Gasteiger partial charge is 0.250 e. The molecule has 0 bridgehead atoms. The number of aromatic nitrogens is 1. The lowest BCUT2D eigenvalue weighted by Crippen LogP contribution is -2.44. The minimum absolute atomic E-state index is 0.0298. The topological polar surface area (TPSA) is 75.4 Å². The molecule has 142 valence electrons. The zero-order valence-electron chi connectivity index (χ0n) is 14.7. The van der Waals surface area contributed by atoms with Gasteiger partial charge in [-0.3, -0.25) is 4.90 Å². The molecule has 0 saturated carbocycles. The summed E-state index contributed by atoms with van der Waals surface area (Å²) in [6.45, 7) is 2.25. The number of hydrogen-bond donors (Lipinski definition) is 1. The van der Waals surface area contributed by atoms with E-state index in [0.717, 1.165) is 37.3 Å². The van der Waals surface area contributed by atoms with Crippen LogP contribution in [0.1, 0.15) is 18.7 Å². The van der Waals surface area contributed by atoms with Gasteiger partial charge in [-0.2, -0.15) is 0 Å². The van der Waals surface area contributed by atoms with Gasteiger partial charge in [0, 0.05) is 24.7 Å². The molecular formula is C19H21N3O3S2. The van der Waals surface area contributed by atoms with Crippen LogP contribution in [0, 0.1) is 0 Å². The van der Waals surface area contributed by atoms with Crippen LogP contribution in [0.2, 0.25) is 0 Å². The number of oxazole rings is 1. The third-order valence-corrected chi connectivity index (χ3v) is 7.56. The molecule has 2 aromatic heterocycles. The Labute approximate surface area is 162 Å². The van der Waals surface area contributed by atoms with E-state index in [4.69, 9.17) is 4.42 Å². The maximum absolute atomic E-state index is 12.3. The van der Waals surface area contributed by atoms with Crippen LogP contribution in [0.25, 0.3) is 11.3 Å². The molecule has 1 saturated heterocycles. The van der Waals surface area contributed by atoms with Crippen molar-refractivity contribution in [2.75, 3.05) is 13.1 Å². The number of rotatable bonds is 6. The summed E-state index contributed by atoms with van der Waals surface area (Å²) in [6.07, 6.45) is 3.31. The third-order valence-electron chi connectivity index (χ3n) is 4.64. The van der Waals surface area contributed by atoms with Crippen molar-refractivity contribution in [3.63, 3.8) is 0 Å². The summed E-state index contributed by atoms with van der Waals surface area (Å²) in [5.41, 5.74) is 1.01. The maximum Gasteiger partial charge on any atom is 0.250 e. The second-order valence-corrected chi connectivity index (χ2v) is 9.48. The maximum atomic E-state index is 12.3. The normalized spacial score (nSPS) is 16.6.